The standard InChI is InChI=1S/C17H19N3O5/c1-20-8-2-3-12(20)13(21)6-7-18-16(22)17(23)19-11-4-5-14-15(9-11)25-10-24-14/h2-5,8-9,13,21H,6-7,10H2,1H3,(H,18,22)(H,19,23). The molecule has 8 nitrogen and oxygen atoms in total. The Kier molecular flexibility index (Phi) is 4.90. The van der Waals surface area contributed by atoms with Gasteiger partial charge >= 0.3 is 11.8 Å². The summed E-state index contributed by atoms with van der Waals surface area (Å²) in [6.07, 6.45) is 1.42. The minimum atomic E-state index is -0.785. The summed E-state index contributed by atoms with van der Waals surface area (Å²) in [5, 5.41) is 15.1. The zero-order valence-corrected chi connectivity index (χ0v) is 13.7. The maximum atomic E-state index is 11.9. The summed E-state index contributed by atoms with van der Waals surface area (Å²) in [4.78, 5) is 23.8. The van der Waals surface area contributed by atoms with Gasteiger partial charge in [0.2, 0.25) is 6.79 Å². The first-order valence-electron chi connectivity index (χ1n) is 7.82. The monoisotopic (exact) mass is 345 g/mol. The van der Waals surface area contributed by atoms with E-state index in [9.17, 15) is 14.7 Å². The molecule has 0 saturated carbocycles. The summed E-state index contributed by atoms with van der Waals surface area (Å²) in [5.41, 5.74) is 1.19. The first kappa shape index (κ1) is 16.8. The topological polar surface area (TPSA) is 102 Å². The molecule has 3 rings (SSSR count). The molecule has 2 aromatic rings. The number of nitrogens with one attached hydrogen (secondary N) is 2. The summed E-state index contributed by atoms with van der Waals surface area (Å²) >= 11 is 0. The van der Waals surface area contributed by atoms with Crippen molar-refractivity contribution in [3.63, 3.8) is 0 Å². The van der Waals surface area contributed by atoms with Gasteiger partial charge in [0.1, 0.15) is 0 Å². The highest BCUT2D eigenvalue weighted by atomic mass is 16.7. The highest BCUT2D eigenvalue weighted by molar-refractivity contribution is 6.39. The molecule has 1 aliphatic rings. The number of aryl methyl sites for hydroxylation is 1. The molecule has 2 amide bonds. The van der Waals surface area contributed by atoms with Crippen LogP contribution in [0.25, 0.3) is 0 Å². The Balaban J connectivity index is 1.46. The van der Waals surface area contributed by atoms with Crippen LogP contribution < -0.4 is 20.1 Å². The van der Waals surface area contributed by atoms with E-state index in [1.807, 2.05) is 19.3 Å². The van der Waals surface area contributed by atoms with E-state index in [1.54, 1.807) is 28.8 Å². The fraction of sp³-hybridized carbons (Fsp3) is 0.294. The van der Waals surface area contributed by atoms with Gasteiger partial charge in [-0.05, 0) is 30.7 Å². The highest BCUT2D eigenvalue weighted by Crippen LogP contribution is 2.34. The molecule has 0 saturated heterocycles. The number of fused-ring (bicyclic) bond motifs is 1. The number of benzene rings is 1. The van der Waals surface area contributed by atoms with Crippen molar-refractivity contribution >= 4 is 17.5 Å². The largest absolute Gasteiger partial charge is 0.454 e. The van der Waals surface area contributed by atoms with Crippen LogP contribution >= 0.6 is 0 Å². The number of aliphatic hydroxyl groups excluding tert-OH is 1. The number of aliphatic hydroxyl groups is 1. The Labute approximate surface area is 144 Å². The Morgan fingerprint density at radius 3 is 2.80 bits per heavy atom. The summed E-state index contributed by atoms with van der Waals surface area (Å²) in [6, 6.07) is 8.51. The Morgan fingerprint density at radius 1 is 1.24 bits per heavy atom. The fourth-order valence-corrected chi connectivity index (χ4v) is 2.53. The van der Waals surface area contributed by atoms with E-state index in [0.717, 1.165) is 5.69 Å². The molecule has 0 radical (unpaired) electrons. The normalized spacial score (nSPS) is 13.4. The van der Waals surface area contributed by atoms with Crippen molar-refractivity contribution in [2.24, 2.45) is 7.05 Å². The van der Waals surface area contributed by atoms with Crippen LogP contribution in [0.4, 0.5) is 5.69 Å². The number of amides is 2. The van der Waals surface area contributed by atoms with Gasteiger partial charge in [0, 0.05) is 37.2 Å². The number of anilines is 1. The molecule has 1 aromatic heterocycles. The van der Waals surface area contributed by atoms with Crippen LogP contribution in [0.5, 0.6) is 11.5 Å². The maximum Gasteiger partial charge on any atom is 0.313 e. The quantitative estimate of drug-likeness (QED) is 0.700. The molecule has 132 valence electrons. The molecule has 2 heterocycles. The summed E-state index contributed by atoms with van der Waals surface area (Å²) in [6.45, 7) is 0.316. The number of aromatic nitrogens is 1. The number of carbonyl (C=O) groups excluding carboxylic acids is 2. The second-order valence-corrected chi connectivity index (χ2v) is 5.63. The predicted molar refractivity (Wildman–Crippen MR) is 89.2 cm³/mol. The lowest BCUT2D eigenvalue weighted by Crippen LogP contribution is -2.36. The van der Waals surface area contributed by atoms with Crippen molar-refractivity contribution in [3.05, 3.63) is 42.2 Å². The van der Waals surface area contributed by atoms with Crippen LogP contribution in [-0.4, -0.2) is 34.8 Å². The smallest absolute Gasteiger partial charge is 0.313 e. The SMILES string of the molecule is Cn1cccc1C(O)CCNC(=O)C(=O)Nc1ccc2c(c1)OCO2. The molecular formula is C17H19N3O5. The lowest BCUT2D eigenvalue weighted by atomic mass is 10.2. The molecule has 1 atom stereocenters. The van der Waals surface area contributed by atoms with Crippen LogP contribution in [0.2, 0.25) is 0 Å². The van der Waals surface area contributed by atoms with E-state index in [-0.39, 0.29) is 13.3 Å². The molecule has 0 fully saturated rings. The second kappa shape index (κ2) is 7.27. The fourth-order valence-electron chi connectivity index (χ4n) is 2.53. The van der Waals surface area contributed by atoms with Crippen LogP contribution in [0.15, 0.2) is 36.5 Å². The van der Waals surface area contributed by atoms with Crippen LogP contribution in [-0.2, 0) is 16.6 Å². The van der Waals surface area contributed by atoms with Crippen LogP contribution in [0.1, 0.15) is 18.2 Å². The summed E-state index contributed by atoms with van der Waals surface area (Å²) < 4.78 is 12.2. The zero-order chi connectivity index (χ0) is 17.8. The molecule has 25 heavy (non-hydrogen) atoms. The third-order valence-electron chi connectivity index (χ3n) is 3.87. The zero-order valence-electron chi connectivity index (χ0n) is 13.7. The van der Waals surface area contributed by atoms with E-state index in [1.165, 1.54) is 0 Å². The van der Waals surface area contributed by atoms with E-state index < -0.39 is 17.9 Å². The van der Waals surface area contributed by atoms with Gasteiger partial charge in [0.15, 0.2) is 11.5 Å². The van der Waals surface area contributed by atoms with Crippen LogP contribution in [0, 0.1) is 0 Å². The summed E-state index contributed by atoms with van der Waals surface area (Å²) in [5.74, 6) is -0.440. The molecule has 8 heteroatoms. The predicted octanol–water partition coefficient (Wildman–Crippen LogP) is 0.932. The minimum Gasteiger partial charge on any atom is -0.454 e. The van der Waals surface area contributed by atoms with Crippen LogP contribution in [0.3, 0.4) is 0 Å². The lowest BCUT2D eigenvalue weighted by molar-refractivity contribution is -0.136. The van der Waals surface area contributed by atoms with Crippen molar-refractivity contribution in [1.82, 2.24) is 9.88 Å². The maximum absolute atomic E-state index is 11.9. The van der Waals surface area contributed by atoms with Gasteiger partial charge in [-0.15, -0.1) is 0 Å². The molecule has 0 aliphatic carbocycles. The molecule has 0 bridgehead atoms. The van der Waals surface area contributed by atoms with Gasteiger partial charge in [0.25, 0.3) is 0 Å². The van der Waals surface area contributed by atoms with Gasteiger partial charge < -0.3 is 29.8 Å². The van der Waals surface area contributed by atoms with Crippen molar-refractivity contribution in [1.29, 1.82) is 0 Å². The van der Waals surface area contributed by atoms with E-state index in [4.69, 9.17) is 9.47 Å². The number of rotatable bonds is 5. The van der Waals surface area contributed by atoms with E-state index in [0.29, 0.717) is 23.6 Å². The number of hydrogen-bond donors (Lipinski definition) is 3. The number of nitrogens with zero attached hydrogens (tertiary/aromatic N) is 1. The molecular weight excluding hydrogens is 326 g/mol. The molecule has 0 spiro atoms. The van der Waals surface area contributed by atoms with Gasteiger partial charge in [-0.1, -0.05) is 0 Å². The molecule has 3 N–H and O–H groups in total. The number of hydrogen-bond acceptors (Lipinski definition) is 5. The van der Waals surface area contributed by atoms with E-state index in [2.05, 4.69) is 10.6 Å². The molecule has 1 unspecified atom stereocenters. The van der Waals surface area contributed by atoms with E-state index >= 15 is 0 Å². The van der Waals surface area contributed by atoms with Gasteiger partial charge in [-0.2, -0.15) is 0 Å². The van der Waals surface area contributed by atoms with Crippen molar-refractivity contribution in [2.45, 2.75) is 12.5 Å². The average molecular weight is 345 g/mol. The first-order chi connectivity index (χ1) is 12.0. The minimum absolute atomic E-state index is 0.136. The highest BCUT2D eigenvalue weighted by Gasteiger charge is 2.18. The van der Waals surface area contributed by atoms with Gasteiger partial charge in [-0.25, -0.2) is 0 Å². The first-order valence-corrected chi connectivity index (χ1v) is 7.82. The molecule has 1 aromatic carbocycles. The third-order valence-corrected chi connectivity index (χ3v) is 3.87. The summed E-state index contributed by atoms with van der Waals surface area (Å²) in [7, 11) is 1.83. The second-order valence-electron chi connectivity index (χ2n) is 5.63. The average Bonchev–Trinajstić information content (AvgIpc) is 3.22. The van der Waals surface area contributed by atoms with Crippen molar-refractivity contribution in [3.8, 4) is 11.5 Å². The van der Waals surface area contributed by atoms with Crippen molar-refractivity contribution in [2.75, 3.05) is 18.7 Å². The third kappa shape index (κ3) is 3.92. The Morgan fingerprint density at radius 2 is 2.04 bits per heavy atom. The lowest BCUT2D eigenvalue weighted by Gasteiger charge is -2.12. The number of carbonyl (C=O) groups is 2. The number of ether oxygens (including phenoxy) is 2. The van der Waals surface area contributed by atoms with Crippen molar-refractivity contribution < 1.29 is 24.2 Å². The van der Waals surface area contributed by atoms with Gasteiger partial charge in [-0.3, -0.25) is 9.59 Å². The molecule has 1 aliphatic heterocycles. The van der Waals surface area contributed by atoms with Gasteiger partial charge in [0.05, 0.1) is 6.10 Å². The Bertz CT molecular complexity index is 786. The Hall–Kier alpha value is -3.00.